The van der Waals surface area contributed by atoms with Crippen molar-refractivity contribution in [1.29, 1.82) is 0 Å². The minimum atomic E-state index is -0.968. The molecule has 24 heavy (non-hydrogen) atoms. The Balaban J connectivity index is 1.96. The van der Waals surface area contributed by atoms with E-state index in [9.17, 15) is 14.7 Å². The van der Waals surface area contributed by atoms with Crippen molar-refractivity contribution in [3.8, 4) is 5.75 Å². The van der Waals surface area contributed by atoms with Crippen LogP contribution in [0.5, 0.6) is 5.75 Å². The van der Waals surface area contributed by atoms with Crippen molar-refractivity contribution in [2.24, 2.45) is 5.10 Å². The molecule has 0 saturated carbocycles. The van der Waals surface area contributed by atoms with Crippen molar-refractivity contribution in [3.05, 3.63) is 57.6 Å². The van der Waals surface area contributed by atoms with Gasteiger partial charge in [0.15, 0.2) is 0 Å². The lowest BCUT2D eigenvalue weighted by molar-refractivity contribution is -0.136. The number of hydrogen-bond acceptors (Lipinski definition) is 4. The lowest BCUT2D eigenvalue weighted by atomic mass is 10.2. The van der Waals surface area contributed by atoms with Crippen LogP contribution in [-0.4, -0.2) is 23.1 Å². The zero-order valence-corrected chi connectivity index (χ0v) is 14.0. The molecule has 0 bridgehead atoms. The topological polar surface area (TPSA) is 90.8 Å². The highest BCUT2D eigenvalue weighted by Crippen LogP contribution is 2.20. The van der Waals surface area contributed by atoms with Gasteiger partial charge in [-0.3, -0.25) is 9.59 Å². The van der Waals surface area contributed by atoms with Crippen LogP contribution in [0, 0.1) is 6.92 Å². The number of hydrogen-bond donors (Lipinski definition) is 3. The number of aromatic hydroxyl groups is 1. The molecule has 2 aromatic carbocycles. The van der Waals surface area contributed by atoms with Crippen molar-refractivity contribution < 1.29 is 14.7 Å². The molecule has 0 atom stereocenters. The molecule has 8 heteroatoms. The molecule has 0 aliphatic heterocycles. The number of rotatable bonds is 3. The zero-order valence-electron chi connectivity index (χ0n) is 12.5. The molecular formula is C16H13Cl2N3O3. The van der Waals surface area contributed by atoms with Gasteiger partial charge in [0.05, 0.1) is 6.21 Å². The number of carbonyl (C=O) groups excluding carboxylic acids is 2. The van der Waals surface area contributed by atoms with Gasteiger partial charge in [0.1, 0.15) is 5.75 Å². The van der Waals surface area contributed by atoms with Gasteiger partial charge >= 0.3 is 11.8 Å². The molecule has 0 saturated heterocycles. The Morgan fingerprint density at radius 2 is 1.88 bits per heavy atom. The number of nitrogens with zero attached hydrogens (tertiary/aromatic N) is 1. The van der Waals surface area contributed by atoms with E-state index in [4.69, 9.17) is 23.2 Å². The lowest BCUT2D eigenvalue weighted by Gasteiger charge is -2.05. The van der Waals surface area contributed by atoms with E-state index >= 15 is 0 Å². The van der Waals surface area contributed by atoms with Crippen LogP contribution in [0.3, 0.4) is 0 Å². The zero-order chi connectivity index (χ0) is 17.7. The van der Waals surface area contributed by atoms with E-state index in [-0.39, 0.29) is 5.75 Å². The van der Waals surface area contributed by atoms with Crippen molar-refractivity contribution >= 4 is 46.9 Å². The molecule has 0 aliphatic rings. The summed E-state index contributed by atoms with van der Waals surface area (Å²) in [5, 5.41) is 16.5. The minimum absolute atomic E-state index is 0.0591. The molecule has 0 aliphatic carbocycles. The number of hydrazone groups is 1. The standard InChI is InChI=1S/C16H13Cl2N3O3/c1-9-2-4-12(7-13(9)18)20-15(23)16(24)21-19-8-10-6-11(17)3-5-14(10)22/h2-8,22H,1H3,(H,20,23)(H,21,24)/b19-8-. The molecule has 3 N–H and O–H groups in total. The van der Waals surface area contributed by atoms with Crippen LogP contribution in [0.4, 0.5) is 5.69 Å². The van der Waals surface area contributed by atoms with Crippen molar-refractivity contribution in [3.63, 3.8) is 0 Å². The maximum atomic E-state index is 11.8. The number of benzene rings is 2. The number of amides is 2. The molecule has 2 rings (SSSR count). The summed E-state index contributed by atoms with van der Waals surface area (Å²) in [6.45, 7) is 1.82. The number of carbonyl (C=O) groups is 2. The predicted molar refractivity (Wildman–Crippen MR) is 93.7 cm³/mol. The van der Waals surface area contributed by atoms with Gasteiger partial charge in [0.25, 0.3) is 0 Å². The van der Waals surface area contributed by atoms with Gasteiger partial charge in [-0.1, -0.05) is 29.3 Å². The Morgan fingerprint density at radius 1 is 1.12 bits per heavy atom. The Labute approximate surface area is 148 Å². The summed E-state index contributed by atoms with van der Waals surface area (Å²) in [7, 11) is 0. The third-order valence-electron chi connectivity index (χ3n) is 3.00. The SMILES string of the molecule is Cc1ccc(NC(=O)C(=O)N/N=C\c2cc(Cl)ccc2O)cc1Cl. The predicted octanol–water partition coefficient (Wildman–Crippen LogP) is 3.10. The molecule has 0 fully saturated rings. The maximum Gasteiger partial charge on any atom is 0.329 e. The first-order valence-electron chi connectivity index (χ1n) is 6.76. The van der Waals surface area contributed by atoms with E-state index in [2.05, 4.69) is 15.8 Å². The number of phenols is 1. The average molecular weight is 366 g/mol. The quantitative estimate of drug-likeness (QED) is 0.443. The molecule has 0 unspecified atom stereocenters. The molecule has 0 radical (unpaired) electrons. The van der Waals surface area contributed by atoms with Gasteiger partial charge in [-0.05, 0) is 42.8 Å². The highest BCUT2D eigenvalue weighted by Gasteiger charge is 2.13. The van der Waals surface area contributed by atoms with Crippen LogP contribution in [0.25, 0.3) is 0 Å². The van der Waals surface area contributed by atoms with Crippen molar-refractivity contribution in [2.75, 3.05) is 5.32 Å². The molecule has 6 nitrogen and oxygen atoms in total. The second-order valence-electron chi connectivity index (χ2n) is 4.82. The molecule has 2 amide bonds. The van der Waals surface area contributed by atoms with Crippen molar-refractivity contribution in [2.45, 2.75) is 6.92 Å². The monoisotopic (exact) mass is 365 g/mol. The van der Waals surface area contributed by atoms with Crippen LogP contribution >= 0.6 is 23.2 Å². The maximum absolute atomic E-state index is 11.8. The van der Waals surface area contributed by atoms with Gasteiger partial charge in [-0.15, -0.1) is 0 Å². The first-order chi connectivity index (χ1) is 11.4. The number of anilines is 1. The molecular weight excluding hydrogens is 353 g/mol. The summed E-state index contributed by atoms with van der Waals surface area (Å²) in [5.74, 6) is -1.93. The molecule has 0 heterocycles. The summed E-state index contributed by atoms with van der Waals surface area (Å²) in [5.41, 5.74) is 3.60. The summed E-state index contributed by atoms with van der Waals surface area (Å²) in [4.78, 5) is 23.4. The molecule has 0 spiro atoms. The first kappa shape index (κ1) is 17.8. The second kappa shape index (κ2) is 7.81. The third-order valence-corrected chi connectivity index (χ3v) is 3.64. The van der Waals surface area contributed by atoms with Gasteiger partial charge in [-0.2, -0.15) is 5.10 Å². The lowest BCUT2D eigenvalue weighted by Crippen LogP contribution is -2.32. The Hall–Kier alpha value is -2.57. The van der Waals surface area contributed by atoms with Gasteiger partial charge in [-0.25, -0.2) is 5.43 Å². The van der Waals surface area contributed by atoms with E-state index in [0.29, 0.717) is 21.3 Å². The Morgan fingerprint density at radius 3 is 2.58 bits per heavy atom. The number of halogens is 2. The van der Waals surface area contributed by atoms with Crippen LogP contribution in [-0.2, 0) is 9.59 Å². The fourth-order valence-corrected chi connectivity index (χ4v) is 2.06. The Kier molecular flexibility index (Phi) is 5.78. The highest BCUT2D eigenvalue weighted by atomic mass is 35.5. The van der Waals surface area contributed by atoms with Crippen LogP contribution < -0.4 is 10.7 Å². The highest BCUT2D eigenvalue weighted by molar-refractivity contribution is 6.40. The van der Waals surface area contributed by atoms with Gasteiger partial charge < -0.3 is 10.4 Å². The van der Waals surface area contributed by atoms with Crippen LogP contribution in [0.2, 0.25) is 10.0 Å². The molecule has 2 aromatic rings. The largest absolute Gasteiger partial charge is 0.507 e. The summed E-state index contributed by atoms with van der Waals surface area (Å²) < 4.78 is 0. The van der Waals surface area contributed by atoms with E-state index in [1.165, 1.54) is 30.5 Å². The summed E-state index contributed by atoms with van der Waals surface area (Å²) in [6, 6.07) is 9.23. The normalized spacial score (nSPS) is 10.6. The second-order valence-corrected chi connectivity index (χ2v) is 5.66. The number of aryl methyl sites for hydroxylation is 1. The van der Waals surface area contributed by atoms with E-state index < -0.39 is 11.8 Å². The molecule has 0 aromatic heterocycles. The van der Waals surface area contributed by atoms with Gasteiger partial charge in [0.2, 0.25) is 0 Å². The third kappa shape index (κ3) is 4.71. The van der Waals surface area contributed by atoms with E-state index in [1.54, 1.807) is 12.1 Å². The van der Waals surface area contributed by atoms with Gasteiger partial charge in [0, 0.05) is 21.3 Å². The van der Waals surface area contributed by atoms with Crippen LogP contribution in [0.15, 0.2) is 41.5 Å². The number of nitrogens with one attached hydrogen (secondary N) is 2. The summed E-state index contributed by atoms with van der Waals surface area (Å²) >= 11 is 11.7. The first-order valence-corrected chi connectivity index (χ1v) is 7.51. The number of phenolic OH excluding ortho intramolecular Hbond substituents is 1. The fourth-order valence-electron chi connectivity index (χ4n) is 1.70. The van der Waals surface area contributed by atoms with E-state index in [1.807, 2.05) is 6.92 Å². The molecule has 124 valence electrons. The minimum Gasteiger partial charge on any atom is -0.507 e. The van der Waals surface area contributed by atoms with Crippen LogP contribution in [0.1, 0.15) is 11.1 Å². The van der Waals surface area contributed by atoms with E-state index in [0.717, 1.165) is 5.56 Å². The average Bonchev–Trinajstić information content (AvgIpc) is 2.54. The Bertz CT molecular complexity index is 822. The summed E-state index contributed by atoms with van der Waals surface area (Å²) in [6.07, 6.45) is 1.18. The van der Waals surface area contributed by atoms with Crippen molar-refractivity contribution in [1.82, 2.24) is 5.43 Å². The fraction of sp³-hybridized carbons (Fsp3) is 0.0625. The smallest absolute Gasteiger partial charge is 0.329 e.